The first-order chi connectivity index (χ1) is 10.4. The molecule has 0 heterocycles. The lowest BCUT2D eigenvalue weighted by atomic mass is 10.2. The van der Waals surface area contributed by atoms with E-state index in [4.69, 9.17) is 16.3 Å². The Labute approximate surface area is 134 Å². The lowest BCUT2D eigenvalue weighted by molar-refractivity contribution is -0.124. The largest absolute Gasteiger partial charge is 0.496 e. The van der Waals surface area contributed by atoms with Crippen molar-refractivity contribution in [2.24, 2.45) is 0 Å². The van der Waals surface area contributed by atoms with Gasteiger partial charge in [0.1, 0.15) is 11.5 Å². The van der Waals surface area contributed by atoms with E-state index in [0.717, 1.165) is 0 Å². The van der Waals surface area contributed by atoms with E-state index in [1.54, 1.807) is 12.1 Å². The van der Waals surface area contributed by atoms with Gasteiger partial charge in [-0.15, -0.1) is 0 Å². The maximum atomic E-state index is 12.0. The van der Waals surface area contributed by atoms with Crippen LogP contribution in [0.3, 0.4) is 0 Å². The minimum absolute atomic E-state index is 0.0310. The van der Waals surface area contributed by atoms with Crippen molar-refractivity contribution in [3.05, 3.63) is 28.8 Å². The molecule has 0 spiro atoms. The summed E-state index contributed by atoms with van der Waals surface area (Å²) in [7, 11) is 1.47. The monoisotopic (exact) mass is 326 g/mol. The van der Waals surface area contributed by atoms with Gasteiger partial charge in [-0.25, -0.2) is 0 Å². The van der Waals surface area contributed by atoms with Crippen LogP contribution >= 0.6 is 11.6 Å². The summed E-state index contributed by atoms with van der Waals surface area (Å²) in [6.45, 7) is 1.98. The summed E-state index contributed by atoms with van der Waals surface area (Å²) >= 11 is 5.86. The predicted molar refractivity (Wildman–Crippen MR) is 83.3 cm³/mol. The number of methoxy groups -OCH3 is 1. The molecule has 120 valence electrons. The summed E-state index contributed by atoms with van der Waals surface area (Å²) in [5.41, 5.74) is 0.331. The Balaban J connectivity index is 2.39. The van der Waals surface area contributed by atoms with Crippen LogP contribution in [-0.2, 0) is 9.59 Å². The highest BCUT2D eigenvalue weighted by Gasteiger charge is 2.12. The van der Waals surface area contributed by atoms with Gasteiger partial charge in [0.2, 0.25) is 5.91 Å². The minimum atomic E-state index is -0.336. The van der Waals surface area contributed by atoms with Crippen LogP contribution < -0.4 is 15.4 Å². The normalized spacial score (nSPS) is 9.95. The average Bonchev–Trinajstić information content (AvgIpc) is 2.49. The highest BCUT2D eigenvalue weighted by molar-refractivity contribution is 6.31. The molecule has 0 saturated heterocycles. The molecule has 2 N–H and O–H groups in total. The number of carbonyl (C=O) groups is 3. The van der Waals surface area contributed by atoms with Crippen LogP contribution in [0.5, 0.6) is 5.75 Å². The summed E-state index contributed by atoms with van der Waals surface area (Å²) in [5, 5.41) is 5.72. The van der Waals surface area contributed by atoms with E-state index in [1.807, 2.05) is 0 Å². The molecule has 22 heavy (non-hydrogen) atoms. The summed E-state index contributed by atoms with van der Waals surface area (Å²) in [6.07, 6.45) is 0.378. The van der Waals surface area contributed by atoms with E-state index in [1.165, 1.54) is 20.1 Å². The van der Waals surface area contributed by atoms with Gasteiger partial charge in [0, 0.05) is 31.0 Å². The van der Waals surface area contributed by atoms with Crippen molar-refractivity contribution in [1.82, 2.24) is 10.6 Å². The van der Waals surface area contributed by atoms with E-state index in [0.29, 0.717) is 16.3 Å². The molecule has 0 aliphatic rings. The number of hydrogen-bond donors (Lipinski definition) is 2. The maximum Gasteiger partial charge on any atom is 0.255 e. The summed E-state index contributed by atoms with van der Waals surface area (Å²) in [6, 6.07) is 4.76. The van der Waals surface area contributed by atoms with Gasteiger partial charge in [-0.3, -0.25) is 9.59 Å². The van der Waals surface area contributed by atoms with Gasteiger partial charge in [-0.2, -0.15) is 0 Å². The number of benzene rings is 1. The van der Waals surface area contributed by atoms with Gasteiger partial charge in [-0.05, 0) is 25.1 Å². The third-order valence-corrected chi connectivity index (χ3v) is 3.08. The highest BCUT2D eigenvalue weighted by atomic mass is 35.5. The van der Waals surface area contributed by atoms with E-state index >= 15 is 0 Å². The molecule has 7 heteroatoms. The Morgan fingerprint density at radius 3 is 2.45 bits per heavy atom. The molecule has 1 aromatic rings. The van der Waals surface area contributed by atoms with Gasteiger partial charge in [0.05, 0.1) is 12.7 Å². The number of ether oxygens (including phenoxy) is 1. The molecule has 0 atom stereocenters. The van der Waals surface area contributed by atoms with Gasteiger partial charge in [-0.1, -0.05) is 11.6 Å². The molecule has 0 aliphatic heterocycles. The zero-order valence-corrected chi connectivity index (χ0v) is 13.3. The molecule has 1 aromatic carbocycles. The molecule has 0 aliphatic carbocycles. The quantitative estimate of drug-likeness (QED) is 0.710. The topological polar surface area (TPSA) is 84.5 Å². The first-order valence-corrected chi connectivity index (χ1v) is 7.19. The Morgan fingerprint density at radius 2 is 1.82 bits per heavy atom. The molecule has 0 fully saturated rings. The van der Waals surface area contributed by atoms with Crippen molar-refractivity contribution >= 4 is 29.2 Å². The zero-order chi connectivity index (χ0) is 16.5. The van der Waals surface area contributed by atoms with Crippen molar-refractivity contribution in [3.63, 3.8) is 0 Å². The lowest BCUT2D eigenvalue weighted by Crippen LogP contribution is -2.34. The van der Waals surface area contributed by atoms with Gasteiger partial charge in [0.15, 0.2) is 0 Å². The second kappa shape index (κ2) is 9.04. The van der Waals surface area contributed by atoms with Crippen LogP contribution in [-0.4, -0.2) is 37.8 Å². The number of hydrogen-bond acceptors (Lipinski definition) is 4. The first kappa shape index (κ1) is 18.0. The molecular formula is C15H19ClN2O4. The number of rotatable bonds is 8. The standard InChI is InChI=1S/C15H19ClN2O4/c1-10(19)3-6-14(20)17-7-8-18-15(21)12-9-11(16)4-5-13(12)22-2/h4-5,9H,3,6-8H2,1-2H3,(H,17,20)(H,18,21). The smallest absolute Gasteiger partial charge is 0.255 e. The maximum absolute atomic E-state index is 12.0. The average molecular weight is 327 g/mol. The fraction of sp³-hybridized carbons (Fsp3) is 0.400. The zero-order valence-electron chi connectivity index (χ0n) is 12.6. The Kier molecular flexibility index (Phi) is 7.39. The molecule has 2 amide bonds. The van der Waals surface area contributed by atoms with Gasteiger partial charge >= 0.3 is 0 Å². The molecule has 0 radical (unpaired) electrons. The fourth-order valence-corrected chi connectivity index (χ4v) is 1.88. The van der Waals surface area contributed by atoms with Crippen LogP contribution in [0.15, 0.2) is 18.2 Å². The number of carbonyl (C=O) groups excluding carboxylic acids is 3. The number of amides is 2. The van der Waals surface area contributed by atoms with Crippen LogP contribution in [0, 0.1) is 0 Å². The van der Waals surface area contributed by atoms with Gasteiger partial charge < -0.3 is 20.2 Å². The molecule has 0 aromatic heterocycles. The second-order valence-electron chi connectivity index (χ2n) is 4.65. The number of ketones is 1. The molecule has 0 saturated carbocycles. The molecule has 1 rings (SSSR count). The molecule has 0 bridgehead atoms. The third-order valence-electron chi connectivity index (χ3n) is 2.84. The SMILES string of the molecule is COc1ccc(Cl)cc1C(=O)NCCNC(=O)CCC(C)=O. The van der Waals surface area contributed by atoms with E-state index in [2.05, 4.69) is 10.6 Å². The predicted octanol–water partition coefficient (Wildman–Crippen LogP) is 1.56. The molecule has 6 nitrogen and oxygen atoms in total. The third kappa shape index (κ3) is 6.13. The minimum Gasteiger partial charge on any atom is -0.496 e. The van der Waals surface area contributed by atoms with E-state index in [-0.39, 0.29) is 43.5 Å². The van der Waals surface area contributed by atoms with Crippen LogP contribution in [0.25, 0.3) is 0 Å². The number of halogens is 1. The van der Waals surface area contributed by atoms with Crippen molar-refractivity contribution < 1.29 is 19.1 Å². The fourth-order valence-electron chi connectivity index (χ4n) is 1.71. The molecular weight excluding hydrogens is 308 g/mol. The van der Waals surface area contributed by atoms with Crippen molar-refractivity contribution in [3.8, 4) is 5.75 Å². The van der Waals surface area contributed by atoms with Crippen LogP contribution in [0.4, 0.5) is 0 Å². The van der Waals surface area contributed by atoms with Crippen molar-refractivity contribution in [1.29, 1.82) is 0 Å². The Hall–Kier alpha value is -2.08. The first-order valence-electron chi connectivity index (χ1n) is 6.82. The molecule has 0 unspecified atom stereocenters. The van der Waals surface area contributed by atoms with Crippen molar-refractivity contribution in [2.75, 3.05) is 20.2 Å². The van der Waals surface area contributed by atoms with E-state index in [9.17, 15) is 14.4 Å². The number of nitrogens with one attached hydrogen (secondary N) is 2. The lowest BCUT2D eigenvalue weighted by Gasteiger charge is -2.10. The van der Waals surface area contributed by atoms with Crippen molar-refractivity contribution in [2.45, 2.75) is 19.8 Å². The second-order valence-corrected chi connectivity index (χ2v) is 5.09. The van der Waals surface area contributed by atoms with Crippen LogP contribution in [0.2, 0.25) is 5.02 Å². The number of Topliss-reactive ketones (excluding diaryl/α,β-unsaturated/α-hetero) is 1. The Morgan fingerprint density at radius 1 is 1.14 bits per heavy atom. The Bertz CT molecular complexity index is 560. The van der Waals surface area contributed by atoms with Gasteiger partial charge in [0.25, 0.3) is 5.91 Å². The summed E-state index contributed by atoms with van der Waals surface area (Å²) in [5.74, 6) is -0.161. The summed E-state index contributed by atoms with van der Waals surface area (Å²) in [4.78, 5) is 34.2. The highest BCUT2D eigenvalue weighted by Crippen LogP contribution is 2.22. The van der Waals surface area contributed by atoms with Crippen LogP contribution in [0.1, 0.15) is 30.1 Å². The van der Waals surface area contributed by atoms with E-state index < -0.39 is 0 Å². The summed E-state index contributed by atoms with van der Waals surface area (Å²) < 4.78 is 5.10.